The number of aromatic nitrogens is 2. The zero-order valence-corrected chi connectivity index (χ0v) is 22.0. The van der Waals surface area contributed by atoms with Gasteiger partial charge in [-0.1, -0.05) is 36.4 Å². The highest BCUT2D eigenvalue weighted by molar-refractivity contribution is 5.87. The van der Waals surface area contributed by atoms with E-state index in [0.717, 1.165) is 73.4 Å². The molecule has 3 atom stereocenters. The highest BCUT2D eigenvalue weighted by Crippen LogP contribution is 2.51. The van der Waals surface area contributed by atoms with E-state index in [0.29, 0.717) is 11.7 Å². The molecule has 6 heteroatoms. The van der Waals surface area contributed by atoms with Gasteiger partial charge in [0.2, 0.25) is 0 Å². The first kappa shape index (κ1) is 24.8. The van der Waals surface area contributed by atoms with E-state index in [4.69, 9.17) is 14.5 Å². The van der Waals surface area contributed by atoms with Gasteiger partial charge in [-0.15, -0.1) is 0 Å². The van der Waals surface area contributed by atoms with E-state index in [-0.39, 0.29) is 5.92 Å². The first-order valence-electron chi connectivity index (χ1n) is 13.2. The van der Waals surface area contributed by atoms with Crippen LogP contribution in [0.2, 0.25) is 0 Å². The van der Waals surface area contributed by atoms with Crippen molar-refractivity contribution in [1.82, 2.24) is 14.9 Å². The Morgan fingerprint density at radius 3 is 2.64 bits per heavy atom. The molecule has 2 N–H and O–H groups in total. The number of imidazole rings is 1. The Kier molecular flexibility index (Phi) is 7.09. The number of H-pyrrole nitrogens is 1. The van der Waals surface area contributed by atoms with Gasteiger partial charge in [-0.05, 0) is 81.3 Å². The van der Waals surface area contributed by atoms with Gasteiger partial charge in [0.25, 0.3) is 0 Å². The van der Waals surface area contributed by atoms with Gasteiger partial charge in [0, 0.05) is 18.9 Å². The number of methoxy groups -OCH3 is 2. The number of benzene rings is 2. The van der Waals surface area contributed by atoms with E-state index in [9.17, 15) is 5.11 Å². The molecule has 0 radical (unpaired) electrons. The molecule has 3 aromatic rings. The minimum Gasteiger partial charge on any atom is -0.493 e. The minimum absolute atomic E-state index is 0.261. The van der Waals surface area contributed by atoms with Crippen molar-refractivity contribution in [3.63, 3.8) is 0 Å². The van der Waals surface area contributed by atoms with E-state index in [2.05, 4.69) is 53.3 Å². The number of ether oxygens (including phenoxy) is 2. The summed E-state index contributed by atoms with van der Waals surface area (Å²) in [6.45, 7) is 3.91. The molecule has 0 unspecified atom stereocenters. The third-order valence-electron chi connectivity index (χ3n) is 8.27. The standard InChI is InChI=1S/C30H39N3O3/c1-20-17-25(35-3)29(36-4)28-27(20)31-26(32-28)11-8-15-33(2)16-14-30(34)19-22-12-13-23(30)18-24(22)21-9-6-5-7-10-21/h5-7,9-10,17-18,22-23,34H,8,11-16,19H2,1-4H3,(H,31,32)/t22-,23+,30+/m1/s1. The summed E-state index contributed by atoms with van der Waals surface area (Å²) >= 11 is 0. The lowest BCUT2D eigenvalue weighted by atomic mass is 9.61. The molecule has 0 saturated heterocycles. The van der Waals surface area contributed by atoms with Gasteiger partial charge >= 0.3 is 0 Å². The fraction of sp³-hybridized carbons (Fsp3) is 0.500. The van der Waals surface area contributed by atoms with Crippen molar-refractivity contribution in [2.45, 2.75) is 51.0 Å². The quantitative estimate of drug-likeness (QED) is 0.400. The van der Waals surface area contributed by atoms with Gasteiger partial charge in [0.15, 0.2) is 11.5 Å². The van der Waals surface area contributed by atoms with E-state index in [1.165, 1.54) is 17.6 Å². The van der Waals surface area contributed by atoms with Crippen molar-refractivity contribution >= 4 is 16.6 Å². The van der Waals surface area contributed by atoms with Crippen LogP contribution in [0.3, 0.4) is 0 Å². The van der Waals surface area contributed by atoms with Crippen LogP contribution in [0.4, 0.5) is 0 Å². The smallest absolute Gasteiger partial charge is 0.186 e. The van der Waals surface area contributed by atoms with Crippen LogP contribution in [0.1, 0.15) is 49.1 Å². The van der Waals surface area contributed by atoms with Crippen LogP contribution in [0, 0.1) is 18.8 Å². The largest absolute Gasteiger partial charge is 0.493 e. The van der Waals surface area contributed by atoms with E-state index in [1.807, 2.05) is 13.0 Å². The number of rotatable bonds is 10. The SMILES string of the molecule is COc1cc(C)c2nc(CCCN(C)CC[C@]3(O)C[C@H]4CC[C@H]3C=C4c3ccccc3)[nH]c2c1OC. The molecule has 3 aliphatic rings. The summed E-state index contributed by atoms with van der Waals surface area (Å²) in [6, 6.07) is 12.7. The Balaban J connectivity index is 1.16. The molecule has 1 saturated carbocycles. The van der Waals surface area contributed by atoms with Gasteiger partial charge in [-0.25, -0.2) is 4.98 Å². The average Bonchev–Trinajstić information content (AvgIpc) is 3.33. The summed E-state index contributed by atoms with van der Waals surface area (Å²) in [5, 5.41) is 11.6. The molecule has 1 aromatic heterocycles. The second-order valence-electron chi connectivity index (χ2n) is 10.7. The van der Waals surface area contributed by atoms with Crippen molar-refractivity contribution in [1.29, 1.82) is 0 Å². The predicted octanol–water partition coefficient (Wildman–Crippen LogP) is 5.39. The molecule has 6 nitrogen and oxygen atoms in total. The monoisotopic (exact) mass is 489 g/mol. The van der Waals surface area contributed by atoms with Crippen LogP contribution in [0.15, 0.2) is 42.5 Å². The lowest BCUT2D eigenvalue weighted by Crippen LogP contribution is -2.48. The molecule has 2 bridgehead atoms. The Morgan fingerprint density at radius 1 is 1.14 bits per heavy atom. The van der Waals surface area contributed by atoms with Crippen LogP contribution in [0.25, 0.3) is 16.6 Å². The topological polar surface area (TPSA) is 70.6 Å². The third kappa shape index (κ3) is 4.76. The molecular weight excluding hydrogens is 450 g/mol. The first-order chi connectivity index (χ1) is 17.4. The van der Waals surface area contributed by atoms with Gasteiger partial charge in [-0.2, -0.15) is 0 Å². The molecule has 192 valence electrons. The summed E-state index contributed by atoms with van der Waals surface area (Å²) < 4.78 is 11.1. The van der Waals surface area contributed by atoms with Crippen LogP contribution in [0.5, 0.6) is 11.5 Å². The second kappa shape index (κ2) is 10.3. The lowest BCUT2D eigenvalue weighted by Gasteiger charge is -2.48. The highest BCUT2D eigenvalue weighted by atomic mass is 16.5. The molecule has 3 aliphatic carbocycles. The molecule has 0 aliphatic heterocycles. The number of aliphatic hydroxyl groups is 1. The Labute approximate surface area is 214 Å². The number of allylic oxidation sites excluding steroid dienone is 1. The predicted molar refractivity (Wildman–Crippen MR) is 145 cm³/mol. The third-order valence-corrected chi connectivity index (χ3v) is 8.27. The number of hydrogen-bond donors (Lipinski definition) is 2. The first-order valence-corrected chi connectivity index (χ1v) is 13.2. The highest BCUT2D eigenvalue weighted by Gasteiger charge is 2.46. The zero-order chi connectivity index (χ0) is 25.3. The number of hydrogen-bond acceptors (Lipinski definition) is 5. The molecule has 1 heterocycles. The molecular formula is C30H39N3O3. The molecule has 1 fully saturated rings. The molecule has 2 aromatic carbocycles. The Hall–Kier alpha value is -2.83. The molecule has 36 heavy (non-hydrogen) atoms. The maximum atomic E-state index is 11.6. The normalized spacial score (nSPS) is 23.3. The molecule has 6 rings (SSSR count). The van der Waals surface area contributed by atoms with Gasteiger partial charge in [0.05, 0.1) is 25.3 Å². The van der Waals surface area contributed by atoms with Gasteiger partial charge in [0.1, 0.15) is 11.3 Å². The number of nitrogens with zero attached hydrogens (tertiary/aromatic N) is 2. The minimum atomic E-state index is -0.582. The Bertz CT molecular complexity index is 1240. The molecule has 0 spiro atoms. The van der Waals surface area contributed by atoms with Crippen molar-refractivity contribution < 1.29 is 14.6 Å². The summed E-state index contributed by atoms with van der Waals surface area (Å²) in [7, 11) is 5.47. The number of aryl methyl sites for hydroxylation is 2. The maximum Gasteiger partial charge on any atom is 0.186 e. The van der Waals surface area contributed by atoms with Crippen molar-refractivity contribution in [3.8, 4) is 11.5 Å². The van der Waals surface area contributed by atoms with Crippen LogP contribution in [-0.4, -0.2) is 59.9 Å². The summed E-state index contributed by atoms with van der Waals surface area (Å²) in [5.74, 6) is 3.12. The lowest BCUT2D eigenvalue weighted by molar-refractivity contribution is -0.0574. The van der Waals surface area contributed by atoms with Crippen molar-refractivity contribution in [2.24, 2.45) is 11.8 Å². The number of nitrogens with one attached hydrogen (secondary N) is 1. The summed E-state index contributed by atoms with van der Waals surface area (Å²) in [4.78, 5) is 10.6. The van der Waals surface area contributed by atoms with Gasteiger partial charge < -0.3 is 24.5 Å². The van der Waals surface area contributed by atoms with E-state index < -0.39 is 5.60 Å². The van der Waals surface area contributed by atoms with E-state index >= 15 is 0 Å². The van der Waals surface area contributed by atoms with E-state index in [1.54, 1.807) is 14.2 Å². The van der Waals surface area contributed by atoms with Gasteiger partial charge in [-0.3, -0.25) is 0 Å². The average molecular weight is 490 g/mol. The fourth-order valence-corrected chi connectivity index (χ4v) is 6.25. The summed E-state index contributed by atoms with van der Waals surface area (Å²) in [6.07, 6.45) is 8.23. The maximum absolute atomic E-state index is 11.6. The zero-order valence-electron chi connectivity index (χ0n) is 22.0. The Morgan fingerprint density at radius 2 is 1.94 bits per heavy atom. The van der Waals surface area contributed by atoms with Crippen LogP contribution >= 0.6 is 0 Å². The molecule has 0 amide bonds. The van der Waals surface area contributed by atoms with Crippen molar-refractivity contribution in [3.05, 3.63) is 59.4 Å². The second-order valence-corrected chi connectivity index (χ2v) is 10.7. The fourth-order valence-electron chi connectivity index (χ4n) is 6.25. The number of aromatic amines is 1. The number of fused-ring (bicyclic) bond motifs is 3. The van der Waals surface area contributed by atoms with Crippen molar-refractivity contribution in [2.75, 3.05) is 34.4 Å². The van der Waals surface area contributed by atoms with Crippen LogP contribution < -0.4 is 9.47 Å². The van der Waals surface area contributed by atoms with Crippen LogP contribution in [-0.2, 0) is 6.42 Å². The summed E-state index contributed by atoms with van der Waals surface area (Å²) in [5.41, 5.74) is 5.09.